The van der Waals surface area contributed by atoms with Crippen LogP contribution in [0.15, 0.2) is 23.3 Å². The summed E-state index contributed by atoms with van der Waals surface area (Å²) in [4.78, 5) is 35.2. The van der Waals surface area contributed by atoms with Crippen LogP contribution in [-0.2, 0) is 14.4 Å². The van der Waals surface area contributed by atoms with E-state index in [1.165, 1.54) is 0 Å². The number of Topliss-reactive ketones (excluding diaryl/α,β-unsaturated/α-hetero) is 2. The van der Waals surface area contributed by atoms with Crippen LogP contribution in [-0.4, -0.2) is 22.6 Å². The predicted octanol–water partition coefficient (Wildman–Crippen LogP) is 3.32. The number of aliphatic carboxylic acids is 1. The molecule has 4 heteroatoms. The van der Waals surface area contributed by atoms with Gasteiger partial charge in [-0.25, -0.2) is 4.79 Å². The van der Waals surface area contributed by atoms with E-state index in [-0.39, 0.29) is 11.2 Å². The molecule has 0 amide bonds. The van der Waals surface area contributed by atoms with Crippen LogP contribution in [0.4, 0.5) is 0 Å². The van der Waals surface area contributed by atoms with Crippen molar-refractivity contribution in [1.82, 2.24) is 0 Å². The Balaban J connectivity index is 1.95. The fraction of sp³-hybridized carbons (Fsp3) is 0.632. The monoisotopic (exact) mass is 316 g/mol. The molecule has 4 atom stereocenters. The molecule has 3 aliphatic rings. The molecule has 3 rings (SSSR count). The van der Waals surface area contributed by atoms with E-state index in [4.69, 9.17) is 5.11 Å². The third-order valence-electron chi connectivity index (χ3n) is 6.35. The molecule has 0 aromatic heterocycles. The molecule has 3 aliphatic carbocycles. The molecule has 1 N–H and O–H groups in total. The Kier molecular flexibility index (Phi) is 4.03. The standard InChI is InChI=1S/C19H24O4/c1-11(3-6-17(22)23)18-16(21)10-15-14-5-4-13(20)9-12(14)7-8-19(15,18)2/h3,6,12,14-15H,4-5,7-10H2,1-2H3,(H,22,23)/b6-3+,18-11-/t12-,14-,15-,19-/m0/s1. The first kappa shape index (κ1) is 16.2. The van der Waals surface area contributed by atoms with E-state index in [1.54, 1.807) is 6.08 Å². The summed E-state index contributed by atoms with van der Waals surface area (Å²) in [6.07, 6.45) is 7.38. The number of carbonyl (C=O) groups excluding carboxylic acids is 2. The van der Waals surface area contributed by atoms with Gasteiger partial charge in [0, 0.05) is 30.9 Å². The Morgan fingerprint density at radius 1 is 1.22 bits per heavy atom. The molecule has 3 fully saturated rings. The van der Waals surface area contributed by atoms with Gasteiger partial charge < -0.3 is 5.11 Å². The number of fused-ring (bicyclic) bond motifs is 3. The average Bonchev–Trinajstić information content (AvgIpc) is 2.75. The lowest BCUT2D eigenvalue weighted by Crippen LogP contribution is -2.42. The smallest absolute Gasteiger partial charge is 0.328 e. The highest BCUT2D eigenvalue weighted by atomic mass is 16.4. The SMILES string of the molecule is CC(/C=C/C(=O)O)=C1\C(=O)C[C@H]2[C@H]3CCC(=O)C[C@@H]3CC[C@]12C. The van der Waals surface area contributed by atoms with Crippen molar-refractivity contribution in [1.29, 1.82) is 0 Å². The summed E-state index contributed by atoms with van der Waals surface area (Å²) in [5, 5.41) is 8.82. The van der Waals surface area contributed by atoms with Gasteiger partial charge in [0.2, 0.25) is 0 Å². The van der Waals surface area contributed by atoms with Crippen LogP contribution < -0.4 is 0 Å². The molecule has 0 heterocycles. The van der Waals surface area contributed by atoms with Crippen molar-refractivity contribution < 1.29 is 19.5 Å². The zero-order valence-corrected chi connectivity index (χ0v) is 13.8. The van der Waals surface area contributed by atoms with E-state index in [9.17, 15) is 14.4 Å². The summed E-state index contributed by atoms with van der Waals surface area (Å²) in [6, 6.07) is 0. The quantitative estimate of drug-likeness (QED) is 0.793. The van der Waals surface area contributed by atoms with Gasteiger partial charge in [0.25, 0.3) is 0 Å². The van der Waals surface area contributed by atoms with Crippen LogP contribution >= 0.6 is 0 Å². The second kappa shape index (κ2) is 5.73. The third-order valence-corrected chi connectivity index (χ3v) is 6.35. The lowest BCUT2D eigenvalue weighted by atomic mass is 9.55. The van der Waals surface area contributed by atoms with Gasteiger partial charge in [-0.05, 0) is 54.9 Å². The molecule has 0 aromatic carbocycles. The van der Waals surface area contributed by atoms with E-state index >= 15 is 0 Å². The van der Waals surface area contributed by atoms with E-state index in [0.29, 0.717) is 42.8 Å². The molecule has 0 aliphatic heterocycles. The second-order valence-electron chi connectivity index (χ2n) is 7.62. The van der Waals surface area contributed by atoms with Crippen molar-refractivity contribution in [3.63, 3.8) is 0 Å². The van der Waals surface area contributed by atoms with E-state index in [2.05, 4.69) is 6.92 Å². The van der Waals surface area contributed by atoms with Crippen molar-refractivity contribution >= 4 is 17.5 Å². The van der Waals surface area contributed by atoms with Gasteiger partial charge in [-0.15, -0.1) is 0 Å². The largest absolute Gasteiger partial charge is 0.478 e. The summed E-state index contributed by atoms with van der Waals surface area (Å²) in [5.74, 6) is 0.759. The summed E-state index contributed by atoms with van der Waals surface area (Å²) >= 11 is 0. The molecule has 124 valence electrons. The van der Waals surface area contributed by atoms with Gasteiger partial charge in [0.05, 0.1) is 0 Å². The number of carboxylic acids is 1. The third kappa shape index (κ3) is 2.68. The van der Waals surface area contributed by atoms with Gasteiger partial charge in [-0.1, -0.05) is 13.0 Å². The highest BCUT2D eigenvalue weighted by molar-refractivity contribution is 6.01. The van der Waals surface area contributed by atoms with Gasteiger partial charge in [-0.3, -0.25) is 9.59 Å². The number of allylic oxidation sites excluding steroid dienone is 3. The van der Waals surface area contributed by atoms with Crippen LogP contribution in [0.5, 0.6) is 0 Å². The molecule has 0 spiro atoms. The first-order valence-electron chi connectivity index (χ1n) is 8.50. The van der Waals surface area contributed by atoms with Crippen molar-refractivity contribution in [2.24, 2.45) is 23.2 Å². The van der Waals surface area contributed by atoms with Crippen LogP contribution in [0.3, 0.4) is 0 Å². The maximum Gasteiger partial charge on any atom is 0.328 e. The molecule has 4 nitrogen and oxygen atoms in total. The molecule has 0 bridgehead atoms. The molecule has 0 saturated heterocycles. The van der Waals surface area contributed by atoms with Crippen molar-refractivity contribution in [2.45, 2.75) is 52.4 Å². The van der Waals surface area contributed by atoms with Gasteiger partial charge in [-0.2, -0.15) is 0 Å². The van der Waals surface area contributed by atoms with Crippen molar-refractivity contribution in [2.75, 3.05) is 0 Å². The predicted molar refractivity (Wildman–Crippen MR) is 85.8 cm³/mol. The van der Waals surface area contributed by atoms with Gasteiger partial charge in [0.1, 0.15) is 5.78 Å². The zero-order chi connectivity index (χ0) is 16.8. The summed E-state index contributed by atoms with van der Waals surface area (Å²) < 4.78 is 0. The normalized spacial score (nSPS) is 39.3. The minimum absolute atomic E-state index is 0.161. The molecular formula is C19H24O4. The van der Waals surface area contributed by atoms with Crippen LogP contribution in [0.2, 0.25) is 0 Å². The summed E-state index contributed by atoms with van der Waals surface area (Å²) in [5.41, 5.74) is 1.45. The minimum atomic E-state index is -0.994. The number of hydrogen-bond donors (Lipinski definition) is 1. The first-order chi connectivity index (χ1) is 10.8. The fourth-order valence-corrected chi connectivity index (χ4v) is 5.36. The number of rotatable bonds is 2. The highest BCUT2D eigenvalue weighted by Crippen LogP contribution is 2.60. The number of carboxylic acid groups (broad SMARTS) is 1. The second-order valence-corrected chi connectivity index (χ2v) is 7.62. The van der Waals surface area contributed by atoms with Crippen molar-refractivity contribution in [3.8, 4) is 0 Å². The van der Waals surface area contributed by atoms with Gasteiger partial charge >= 0.3 is 5.97 Å². The lowest BCUT2D eigenvalue weighted by molar-refractivity contribution is -0.131. The molecule has 0 unspecified atom stereocenters. The number of ketones is 2. The molecule has 0 aromatic rings. The topological polar surface area (TPSA) is 71.4 Å². The Hall–Kier alpha value is -1.71. The van der Waals surface area contributed by atoms with E-state index in [1.807, 2.05) is 6.92 Å². The van der Waals surface area contributed by atoms with E-state index < -0.39 is 5.97 Å². The fourth-order valence-electron chi connectivity index (χ4n) is 5.36. The van der Waals surface area contributed by atoms with Crippen LogP contribution in [0.1, 0.15) is 52.4 Å². The summed E-state index contributed by atoms with van der Waals surface area (Å²) in [6.45, 7) is 4.01. The average molecular weight is 316 g/mol. The highest BCUT2D eigenvalue weighted by Gasteiger charge is 2.55. The lowest BCUT2D eigenvalue weighted by Gasteiger charge is -2.48. The molecule has 0 radical (unpaired) electrons. The Bertz CT molecular complexity index is 627. The number of hydrogen-bond acceptors (Lipinski definition) is 3. The maximum atomic E-state index is 12.7. The molecule has 3 saturated carbocycles. The van der Waals surface area contributed by atoms with Gasteiger partial charge in [0.15, 0.2) is 5.78 Å². The summed E-state index contributed by atoms with van der Waals surface area (Å²) in [7, 11) is 0. The molecule has 23 heavy (non-hydrogen) atoms. The Labute approximate surface area is 136 Å². The van der Waals surface area contributed by atoms with E-state index in [0.717, 1.165) is 36.5 Å². The Morgan fingerprint density at radius 2 is 1.96 bits per heavy atom. The minimum Gasteiger partial charge on any atom is -0.478 e. The first-order valence-corrected chi connectivity index (χ1v) is 8.50. The maximum absolute atomic E-state index is 12.7. The van der Waals surface area contributed by atoms with Crippen molar-refractivity contribution in [3.05, 3.63) is 23.3 Å². The molecular weight excluding hydrogens is 292 g/mol. The Morgan fingerprint density at radius 3 is 2.65 bits per heavy atom. The number of carbonyl (C=O) groups is 3. The zero-order valence-electron chi connectivity index (χ0n) is 13.8. The van der Waals surface area contributed by atoms with Crippen LogP contribution in [0, 0.1) is 23.2 Å². The van der Waals surface area contributed by atoms with Crippen LogP contribution in [0.25, 0.3) is 0 Å².